The van der Waals surface area contributed by atoms with Crippen LogP contribution in [0.5, 0.6) is 6.01 Å². The van der Waals surface area contributed by atoms with Gasteiger partial charge in [-0.15, -0.1) is 12.3 Å². The van der Waals surface area contributed by atoms with Crippen LogP contribution in [-0.2, 0) is 0 Å². The summed E-state index contributed by atoms with van der Waals surface area (Å²) in [6.45, 7) is 6.15. The zero-order valence-electron chi connectivity index (χ0n) is 11.1. The minimum absolute atomic E-state index is 0.298. The van der Waals surface area contributed by atoms with Crippen molar-refractivity contribution in [2.75, 3.05) is 37.0 Å². The van der Waals surface area contributed by atoms with Crippen LogP contribution in [-0.4, -0.2) is 41.7 Å². The first kappa shape index (κ1) is 14.0. The maximum absolute atomic E-state index is 5.40. The normalized spacial score (nSPS) is 9.67. The summed E-state index contributed by atoms with van der Waals surface area (Å²) in [6.07, 6.45) is 5.70. The summed E-state index contributed by atoms with van der Waals surface area (Å²) >= 11 is 0. The van der Waals surface area contributed by atoms with Gasteiger partial charge in [-0.3, -0.25) is 0 Å². The van der Waals surface area contributed by atoms with Gasteiger partial charge in [0, 0.05) is 26.6 Å². The first-order valence-corrected chi connectivity index (χ1v) is 6.00. The van der Waals surface area contributed by atoms with Crippen molar-refractivity contribution in [3.05, 3.63) is 0 Å². The molecule has 0 bridgehead atoms. The van der Waals surface area contributed by atoms with Crippen LogP contribution in [0.4, 0.5) is 11.9 Å². The van der Waals surface area contributed by atoms with Crippen molar-refractivity contribution >= 4 is 11.9 Å². The predicted molar refractivity (Wildman–Crippen MR) is 71.9 cm³/mol. The standard InChI is InChI=1S/C12H19N5O/c1-5-8-9-18-12-15-10(13-4)14-11(16-12)17(6-2)7-3/h1H,6-9H2,2-4H3,(H,13,14,15,16). The molecule has 6 heteroatoms. The Morgan fingerprint density at radius 2 is 2.00 bits per heavy atom. The van der Waals surface area contributed by atoms with Crippen LogP contribution in [0.3, 0.4) is 0 Å². The molecule has 0 aliphatic heterocycles. The number of hydrogen-bond donors (Lipinski definition) is 1. The van der Waals surface area contributed by atoms with Gasteiger partial charge in [-0.25, -0.2) is 0 Å². The fourth-order valence-corrected chi connectivity index (χ4v) is 1.37. The zero-order valence-corrected chi connectivity index (χ0v) is 11.1. The molecule has 0 aromatic carbocycles. The number of terminal acetylenes is 1. The van der Waals surface area contributed by atoms with E-state index in [0.717, 1.165) is 13.1 Å². The SMILES string of the molecule is C#CCCOc1nc(NC)nc(N(CC)CC)n1. The summed E-state index contributed by atoms with van der Waals surface area (Å²) in [5.74, 6) is 3.60. The average molecular weight is 249 g/mol. The van der Waals surface area contributed by atoms with Gasteiger partial charge in [0.25, 0.3) is 0 Å². The van der Waals surface area contributed by atoms with Crippen molar-refractivity contribution < 1.29 is 4.74 Å². The quantitative estimate of drug-likeness (QED) is 0.578. The summed E-state index contributed by atoms with van der Waals surface area (Å²) in [7, 11) is 1.76. The Morgan fingerprint density at radius 1 is 1.28 bits per heavy atom. The second-order valence-corrected chi connectivity index (χ2v) is 3.47. The Morgan fingerprint density at radius 3 is 2.56 bits per heavy atom. The number of aromatic nitrogens is 3. The molecule has 98 valence electrons. The van der Waals surface area contributed by atoms with E-state index in [0.29, 0.717) is 30.9 Å². The van der Waals surface area contributed by atoms with E-state index in [1.54, 1.807) is 7.05 Å². The molecule has 0 radical (unpaired) electrons. The van der Waals surface area contributed by atoms with Gasteiger partial charge < -0.3 is 15.0 Å². The van der Waals surface area contributed by atoms with E-state index in [1.165, 1.54) is 0 Å². The molecule has 1 rings (SSSR count). The smallest absolute Gasteiger partial charge is 0.323 e. The fraction of sp³-hybridized carbons (Fsp3) is 0.583. The van der Waals surface area contributed by atoms with Gasteiger partial charge >= 0.3 is 6.01 Å². The number of anilines is 2. The van der Waals surface area contributed by atoms with E-state index in [9.17, 15) is 0 Å². The number of hydrogen-bond acceptors (Lipinski definition) is 6. The predicted octanol–water partition coefficient (Wildman–Crippen LogP) is 1.16. The molecule has 1 aromatic heterocycles. The van der Waals surface area contributed by atoms with Gasteiger partial charge in [0.2, 0.25) is 11.9 Å². The second-order valence-electron chi connectivity index (χ2n) is 3.47. The first-order valence-electron chi connectivity index (χ1n) is 6.00. The molecule has 0 amide bonds. The van der Waals surface area contributed by atoms with Gasteiger partial charge in [-0.2, -0.15) is 15.0 Å². The summed E-state index contributed by atoms with van der Waals surface area (Å²) in [5, 5.41) is 2.89. The number of ether oxygens (including phenoxy) is 1. The van der Waals surface area contributed by atoms with E-state index in [2.05, 4.69) is 26.2 Å². The van der Waals surface area contributed by atoms with Gasteiger partial charge in [0.05, 0.1) is 0 Å². The molecule has 0 saturated carbocycles. The van der Waals surface area contributed by atoms with Crippen LogP contribution >= 0.6 is 0 Å². The molecule has 0 saturated heterocycles. The third kappa shape index (κ3) is 3.77. The van der Waals surface area contributed by atoms with Gasteiger partial charge in [-0.1, -0.05) is 0 Å². The zero-order chi connectivity index (χ0) is 13.4. The average Bonchev–Trinajstić information content (AvgIpc) is 2.40. The minimum Gasteiger partial charge on any atom is -0.462 e. The fourth-order valence-electron chi connectivity index (χ4n) is 1.37. The molecule has 1 heterocycles. The van der Waals surface area contributed by atoms with E-state index in [-0.39, 0.29) is 0 Å². The highest BCUT2D eigenvalue weighted by atomic mass is 16.5. The van der Waals surface area contributed by atoms with Crippen LogP contribution < -0.4 is 15.0 Å². The Bertz CT molecular complexity index is 411. The largest absolute Gasteiger partial charge is 0.462 e. The third-order valence-corrected chi connectivity index (χ3v) is 2.35. The summed E-state index contributed by atoms with van der Waals surface area (Å²) in [4.78, 5) is 14.7. The third-order valence-electron chi connectivity index (χ3n) is 2.35. The van der Waals surface area contributed by atoms with E-state index in [1.807, 2.05) is 18.7 Å². The van der Waals surface area contributed by atoms with Crippen molar-refractivity contribution in [3.63, 3.8) is 0 Å². The Balaban J connectivity index is 2.90. The first-order chi connectivity index (χ1) is 8.74. The number of nitrogens with zero attached hydrogens (tertiary/aromatic N) is 4. The molecular weight excluding hydrogens is 230 g/mol. The van der Waals surface area contributed by atoms with Gasteiger partial charge in [0.15, 0.2) is 0 Å². The number of rotatable bonds is 7. The van der Waals surface area contributed by atoms with Crippen LogP contribution in [0, 0.1) is 12.3 Å². The van der Waals surface area contributed by atoms with Crippen molar-refractivity contribution in [3.8, 4) is 18.4 Å². The molecule has 0 fully saturated rings. The number of nitrogens with one attached hydrogen (secondary N) is 1. The highest BCUT2D eigenvalue weighted by molar-refractivity contribution is 5.37. The second kappa shape index (κ2) is 7.33. The molecule has 6 nitrogen and oxygen atoms in total. The molecule has 0 atom stereocenters. The molecule has 18 heavy (non-hydrogen) atoms. The Hall–Kier alpha value is -2.03. The lowest BCUT2D eigenvalue weighted by molar-refractivity contribution is 0.300. The molecular formula is C12H19N5O. The monoisotopic (exact) mass is 249 g/mol. The van der Waals surface area contributed by atoms with Crippen LogP contribution in [0.25, 0.3) is 0 Å². The van der Waals surface area contributed by atoms with Crippen LogP contribution in [0.1, 0.15) is 20.3 Å². The topological polar surface area (TPSA) is 63.2 Å². The minimum atomic E-state index is 0.298. The summed E-state index contributed by atoms with van der Waals surface area (Å²) in [5.41, 5.74) is 0. The molecule has 0 unspecified atom stereocenters. The lowest BCUT2D eigenvalue weighted by Gasteiger charge is -2.19. The highest BCUT2D eigenvalue weighted by Gasteiger charge is 2.11. The molecule has 0 aliphatic carbocycles. The van der Waals surface area contributed by atoms with Crippen LogP contribution in [0.15, 0.2) is 0 Å². The van der Waals surface area contributed by atoms with E-state index in [4.69, 9.17) is 11.2 Å². The van der Waals surface area contributed by atoms with Gasteiger partial charge in [-0.05, 0) is 13.8 Å². The molecule has 1 N–H and O–H groups in total. The summed E-state index contributed by atoms with van der Waals surface area (Å²) in [6, 6.07) is 0.298. The maximum Gasteiger partial charge on any atom is 0.323 e. The van der Waals surface area contributed by atoms with Crippen molar-refractivity contribution in [1.29, 1.82) is 0 Å². The van der Waals surface area contributed by atoms with Crippen molar-refractivity contribution in [2.24, 2.45) is 0 Å². The molecule has 0 spiro atoms. The van der Waals surface area contributed by atoms with Crippen molar-refractivity contribution in [1.82, 2.24) is 15.0 Å². The molecule has 1 aromatic rings. The van der Waals surface area contributed by atoms with Crippen molar-refractivity contribution in [2.45, 2.75) is 20.3 Å². The lowest BCUT2D eigenvalue weighted by Crippen LogP contribution is -2.25. The van der Waals surface area contributed by atoms with E-state index >= 15 is 0 Å². The lowest BCUT2D eigenvalue weighted by atomic mass is 10.5. The maximum atomic E-state index is 5.40. The van der Waals surface area contributed by atoms with Crippen LogP contribution in [0.2, 0.25) is 0 Å². The van der Waals surface area contributed by atoms with Gasteiger partial charge in [0.1, 0.15) is 6.61 Å². The Labute approximate surface area is 108 Å². The molecule has 0 aliphatic rings. The summed E-state index contributed by atoms with van der Waals surface area (Å²) < 4.78 is 5.40. The Kier molecular flexibility index (Phi) is 5.71. The van der Waals surface area contributed by atoms with E-state index < -0.39 is 0 Å². The highest BCUT2D eigenvalue weighted by Crippen LogP contribution is 2.14.